The molecule has 20 heavy (non-hydrogen) atoms. The van der Waals surface area contributed by atoms with Crippen LogP contribution in [0, 0.1) is 11.8 Å². The van der Waals surface area contributed by atoms with Gasteiger partial charge in [0.1, 0.15) is 0 Å². The van der Waals surface area contributed by atoms with E-state index in [0.717, 1.165) is 0 Å². The summed E-state index contributed by atoms with van der Waals surface area (Å²) in [5.41, 5.74) is 0. The van der Waals surface area contributed by atoms with Crippen molar-refractivity contribution in [2.45, 2.75) is 63.5 Å². The summed E-state index contributed by atoms with van der Waals surface area (Å²) in [6.45, 7) is 10.3. The van der Waals surface area contributed by atoms with Crippen LogP contribution in [0.4, 0.5) is 0 Å². The van der Waals surface area contributed by atoms with E-state index in [1.54, 1.807) is 0 Å². The van der Waals surface area contributed by atoms with Crippen molar-refractivity contribution in [1.82, 2.24) is 10.6 Å². The summed E-state index contributed by atoms with van der Waals surface area (Å²) < 4.78 is 0. The van der Waals surface area contributed by atoms with Gasteiger partial charge >= 0.3 is 0 Å². The predicted octanol–water partition coefficient (Wildman–Crippen LogP) is 3.66. The maximum atomic E-state index is 3.95. The molecule has 2 heteroatoms. The Morgan fingerprint density at radius 1 is 0.750 bits per heavy atom. The molecule has 0 radical (unpaired) electrons. The molecule has 0 aromatic heterocycles. The standard InChI is InChI=1S/C18H32N2/c1-3-15-11-13-19-17(15)9-7-5-6-8-10-18-16(4-2)12-14-20-18/h3-4,15-20H,1-2,5-14H2. The minimum atomic E-state index is 0.703. The zero-order valence-corrected chi connectivity index (χ0v) is 12.9. The minimum absolute atomic E-state index is 0.703. The van der Waals surface area contributed by atoms with E-state index in [0.29, 0.717) is 23.9 Å². The Bertz CT molecular complexity index is 270. The Hall–Kier alpha value is -0.600. The van der Waals surface area contributed by atoms with Gasteiger partial charge in [-0.15, -0.1) is 13.2 Å². The molecule has 2 saturated heterocycles. The summed E-state index contributed by atoms with van der Waals surface area (Å²) in [6, 6.07) is 1.41. The fourth-order valence-corrected chi connectivity index (χ4v) is 3.85. The van der Waals surface area contributed by atoms with Gasteiger partial charge in [-0.1, -0.05) is 37.8 Å². The highest BCUT2D eigenvalue weighted by Gasteiger charge is 2.24. The van der Waals surface area contributed by atoms with E-state index in [1.807, 2.05) is 0 Å². The van der Waals surface area contributed by atoms with E-state index in [4.69, 9.17) is 0 Å². The normalized spacial score (nSPS) is 33.4. The lowest BCUT2D eigenvalue weighted by Gasteiger charge is -2.17. The van der Waals surface area contributed by atoms with Crippen molar-refractivity contribution in [3.8, 4) is 0 Å². The number of hydrogen-bond donors (Lipinski definition) is 2. The lowest BCUT2D eigenvalue weighted by molar-refractivity contribution is 0.436. The molecule has 2 N–H and O–H groups in total. The largest absolute Gasteiger partial charge is 0.313 e. The summed E-state index contributed by atoms with van der Waals surface area (Å²) in [5, 5.41) is 7.23. The molecule has 0 aliphatic carbocycles. The first-order chi connectivity index (χ1) is 9.85. The smallest absolute Gasteiger partial charge is 0.0130 e. The van der Waals surface area contributed by atoms with Crippen LogP contribution in [0.1, 0.15) is 51.4 Å². The topological polar surface area (TPSA) is 24.1 Å². The molecule has 114 valence electrons. The van der Waals surface area contributed by atoms with Gasteiger partial charge in [0.2, 0.25) is 0 Å². The lowest BCUT2D eigenvalue weighted by Crippen LogP contribution is -2.26. The Morgan fingerprint density at radius 3 is 1.60 bits per heavy atom. The highest BCUT2D eigenvalue weighted by Crippen LogP contribution is 2.23. The number of nitrogens with one attached hydrogen (secondary N) is 2. The van der Waals surface area contributed by atoms with Crippen LogP contribution in [0.25, 0.3) is 0 Å². The van der Waals surface area contributed by atoms with Crippen LogP contribution in [0.3, 0.4) is 0 Å². The average Bonchev–Trinajstić information content (AvgIpc) is 3.10. The van der Waals surface area contributed by atoms with Gasteiger partial charge in [0, 0.05) is 12.1 Å². The summed E-state index contributed by atoms with van der Waals surface area (Å²) in [5.74, 6) is 1.43. The maximum absolute atomic E-state index is 3.95. The third-order valence-corrected chi connectivity index (χ3v) is 5.19. The van der Waals surface area contributed by atoms with E-state index in [2.05, 4.69) is 35.9 Å². The van der Waals surface area contributed by atoms with Gasteiger partial charge < -0.3 is 10.6 Å². The fourth-order valence-electron chi connectivity index (χ4n) is 3.85. The quantitative estimate of drug-likeness (QED) is 0.496. The first-order valence-electron chi connectivity index (χ1n) is 8.57. The van der Waals surface area contributed by atoms with Crippen LogP contribution >= 0.6 is 0 Å². The molecule has 2 aliphatic heterocycles. The Labute approximate surface area is 125 Å². The molecule has 0 aromatic rings. The van der Waals surface area contributed by atoms with Crippen LogP contribution < -0.4 is 10.6 Å². The highest BCUT2D eigenvalue weighted by atomic mass is 15.0. The second-order valence-corrected chi connectivity index (χ2v) is 6.49. The second kappa shape index (κ2) is 8.63. The molecule has 2 heterocycles. The third kappa shape index (κ3) is 4.46. The zero-order valence-electron chi connectivity index (χ0n) is 12.9. The average molecular weight is 276 g/mol. The van der Waals surface area contributed by atoms with E-state index in [1.165, 1.54) is 64.5 Å². The lowest BCUT2D eigenvalue weighted by atomic mass is 9.94. The Balaban J connectivity index is 1.49. The summed E-state index contributed by atoms with van der Waals surface area (Å²) in [4.78, 5) is 0. The van der Waals surface area contributed by atoms with Gasteiger partial charge in [0.15, 0.2) is 0 Å². The van der Waals surface area contributed by atoms with Crippen molar-refractivity contribution in [3.63, 3.8) is 0 Å². The summed E-state index contributed by atoms with van der Waals surface area (Å²) >= 11 is 0. The third-order valence-electron chi connectivity index (χ3n) is 5.19. The molecule has 2 rings (SSSR count). The molecule has 0 bridgehead atoms. The fraction of sp³-hybridized carbons (Fsp3) is 0.778. The summed E-state index contributed by atoms with van der Waals surface area (Å²) in [6.07, 6.45) is 15.0. The molecule has 2 fully saturated rings. The van der Waals surface area contributed by atoms with E-state index in [9.17, 15) is 0 Å². The van der Waals surface area contributed by atoms with E-state index < -0.39 is 0 Å². The van der Waals surface area contributed by atoms with Crippen LogP contribution in [-0.2, 0) is 0 Å². The van der Waals surface area contributed by atoms with Gasteiger partial charge in [-0.25, -0.2) is 0 Å². The van der Waals surface area contributed by atoms with Gasteiger partial charge in [-0.2, -0.15) is 0 Å². The first kappa shape index (κ1) is 15.8. The number of rotatable bonds is 9. The molecule has 0 amide bonds. The van der Waals surface area contributed by atoms with Crippen molar-refractivity contribution in [2.24, 2.45) is 11.8 Å². The second-order valence-electron chi connectivity index (χ2n) is 6.49. The van der Waals surface area contributed by atoms with Crippen LogP contribution in [0.5, 0.6) is 0 Å². The Kier molecular flexibility index (Phi) is 6.81. The highest BCUT2D eigenvalue weighted by molar-refractivity contribution is 4.94. The Morgan fingerprint density at radius 2 is 1.20 bits per heavy atom. The van der Waals surface area contributed by atoms with Crippen LogP contribution in [0.2, 0.25) is 0 Å². The van der Waals surface area contributed by atoms with Gasteiger partial charge in [-0.3, -0.25) is 0 Å². The molecule has 2 nitrogen and oxygen atoms in total. The number of unbranched alkanes of at least 4 members (excludes halogenated alkanes) is 3. The summed E-state index contributed by atoms with van der Waals surface area (Å²) in [7, 11) is 0. The van der Waals surface area contributed by atoms with Crippen molar-refractivity contribution >= 4 is 0 Å². The molecule has 4 atom stereocenters. The molecular weight excluding hydrogens is 244 g/mol. The van der Waals surface area contributed by atoms with Crippen LogP contribution in [0.15, 0.2) is 25.3 Å². The SMILES string of the molecule is C=CC1CCNC1CCCCCCC1NCCC1C=C. The van der Waals surface area contributed by atoms with E-state index >= 15 is 0 Å². The molecular formula is C18H32N2. The first-order valence-corrected chi connectivity index (χ1v) is 8.57. The monoisotopic (exact) mass is 276 g/mol. The van der Waals surface area contributed by atoms with Crippen molar-refractivity contribution in [1.29, 1.82) is 0 Å². The maximum Gasteiger partial charge on any atom is 0.0130 e. The molecule has 2 aliphatic rings. The molecule has 0 saturated carbocycles. The van der Waals surface area contributed by atoms with Crippen LogP contribution in [-0.4, -0.2) is 25.2 Å². The molecule has 4 unspecified atom stereocenters. The van der Waals surface area contributed by atoms with Gasteiger partial charge in [0.25, 0.3) is 0 Å². The van der Waals surface area contributed by atoms with Gasteiger partial charge in [0.05, 0.1) is 0 Å². The van der Waals surface area contributed by atoms with Crippen molar-refractivity contribution < 1.29 is 0 Å². The van der Waals surface area contributed by atoms with E-state index in [-0.39, 0.29) is 0 Å². The van der Waals surface area contributed by atoms with Crippen molar-refractivity contribution in [2.75, 3.05) is 13.1 Å². The number of hydrogen-bond acceptors (Lipinski definition) is 2. The molecule has 0 aromatic carbocycles. The van der Waals surface area contributed by atoms with Gasteiger partial charge in [-0.05, 0) is 50.6 Å². The zero-order chi connectivity index (χ0) is 14.2. The predicted molar refractivity (Wildman–Crippen MR) is 87.9 cm³/mol. The minimum Gasteiger partial charge on any atom is -0.313 e. The van der Waals surface area contributed by atoms with Crippen molar-refractivity contribution in [3.05, 3.63) is 25.3 Å². The molecule has 0 spiro atoms.